The van der Waals surface area contributed by atoms with Crippen LogP contribution < -0.4 is 30.0 Å². The molecular formula is C25H19F6N3O7. The number of nitrogens with two attached hydrogens (primary N) is 1. The standard InChI is InChI=1S/C25H19F6N3O7/c1-37-19-9-13(41-25(29,30)31)2-4-17(19)40-18-5-3-15(24(26,27)28)21(39-14-10-38-11-14)20(18)23(36)34-12-6-7-33-16(8-12)22(32)35/h2-9,14H,10-11H2,1H3,(H2,32,35)(H,33,34,36). The summed E-state index contributed by atoms with van der Waals surface area (Å²) in [7, 11) is 1.10. The number of amides is 2. The number of pyridine rings is 1. The highest BCUT2D eigenvalue weighted by atomic mass is 19.4. The van der Waals surface area contributed by atoms with Gasteiger partial charge in [0.25, 0.3) is 11.8 Å². The molecule has 1 fully saturated rings. The molecular weight excluding hydrogens is 568 g/mol. The van der Waals surface area contributed by atoms with Crippen molar-refractivity contribution in [3.05, 3.63) is 65.5 Å². The van der Waals surface area contributed by atoms with Crippen molar-refractivity contribution < 1.29 is 59.6 Å². The highest BCUT2D eigenvalue weighted by molar-refractivity contribution is 6.09. The molecule has 0 radical (unpaired) electrons. The van der Waals surface area contributed by atoms with E-state index in [2.05, 4.69) is 15.0 Å². The Morgan fingerprint density at radius 2 is 1.71 bits per heavy atom. The van der Waals surface area contributed by atoms with Gasteiger partial charge in [-0.15, -0.1) is 13.2 Å². The van der Waals surface area contributed by atoms with Gasteiger partial charge in [0.1, 0.15) is 34.6 Å². The number of aromatic nitrogens is 1. The van der Waals surface area contributed by atoms with E-state index in [4.69, 9.17) is 24.7 Å². The van der Waals surface area contributed by atoms with Gasteiger partial charge in [0.15, 0.2) is 11.5 Å². The molecule has 1 saturated heterocycles. The number of carbonyl (C=O) groups excluding carboxylic acids is 2. The van der Waals surface area contributed by atoms with Crippen LogP contribution in [-0.4, -0.2) is 49.6 Å². The lowest BCUT2D eigenvalue weighted by Gasteiger charge is -2.29. The fraction of sp³-hybridized carbons (Fsp3) is 0.240. The number of nitrogens with one attached hydrogen (secondary N) is 1. The lowest BCUT2D eigenvalue weighted by molar-refractivity contribution is -0.274. The van der Waals surface area contributed by atoms with Gasteiger partial charge < -0.3 is 34.7 Å². The molecule has 0 unspecified atom stereocenters. The molecule has 0 atom stereocenters. The summed E-state index contributed by atoms with van der Waals surface area (Å²) in [5, 5.41) is 2.35. The molecule has 3 N–H and O–H groups in total. The van der Waals surface area contributed by atoms with E-state index in [-0.39, 0.29) is 36.1 Å². The number of carbonyl (C=O) groups is 2. The van der Waals surface area contributed by atoms with Gasteiger partial charge in [-0.2, -0.15) is 13.2 Å². The van der Waals surface area contributed by atoms with Crippen LogP contribution in [0.4, 0.5) is 32.0 Å². The van der Waals surface area contributed by atoms with Gasteiger partial charge in [0.2, 0.25) is 0 Å². The van der Waals surface area contributed by atoms with E-state index >= 15 is 0 Å². The van der Waals surface area contributed by atoms with Gasteiger partial charge in [0.05, 0.1) is 25.9 Å². The van der Waals surface area contributed by atoms with E-state index in [1.165, 1.54) is 6.07 Å². The smallest absolute Gasteiger partial charge is 0.493 e. The minimum atomic E-state index is -5.01. The number of rotatable bonds is 9. The van der Waals surface area contributed by atoms with Crippen LogP contribution in [0.3, 0.4) is 0 Å². The zero-order chi connectivity index (χ0) is 29.9. The number of methoxy groups -OCH3 is 1. The maximum atomic E-state index is 14.0. The van der Waals surface area contributed by atoms with E-state index in [0.29, 0.717) is 6.07 Å². The van der Waals surface area contributed by atoms with Crippen LogP contribution in [0, 0.1) is 0 Å². The first-order chi connectivity index (χ1) is 19.2. The van der Waals surface area contributed by atoms with Crippen molar-refractivity contribution in [3.8, 4) is 28.7 Å². The number of alkyl halides is 6. The molecule has 1 aliphatic rings. The summed E-state index contributed by atoms with van der Waals surface area (Å²) in [5.41, 5.74) is 2.88. The number of anilines is 1. The van der Waals surface area contributed by atoms with Gasteiger partial charge in [-0.1, -0.05) is 0 Å². The van der Waals surface area contributed by atoms with Gasteiger partial charge in [-0.05, 0) is 36.4 Å². The van der Waals surface area contributed by atoms with Gasteiger partial charge in [0, 0.05) is 18.0 Å². The predicted octanol–water partition coefficient (Wildman–Crippen LogP) is 4.93. The molecule has 1 aliphatic heterocycles. The van der Waals surface area contributed by atoms with E-state index in [0.717, 1.165) is 43.6 Å². The van der Waals surface area contributed by atoms with Crippen molar-refractivity contribution in [2.45, 2.75) is 18.6 Å². The third kappa shape index (κ3) is 7.08. The van der Waals surface area contributed by atoms with Crippen LogP contribution in [0.5, 0.6) is 28.7 Å². The number of hydrogen-bond donors (Lipinski definition) is 2. The minimum absolute atomic E-state index is 0.0497. The Morgan fingerprint density at radius 1 is 1.00 bits per heavy atom. The normalized spacial score (nSPS) is 13.6. The maximum Gasteiger partial charge on any atom is 0.573 e. The van der Waals surface area contributed by atoms with Crippen LogP contribution >= 0.6 is 0 Å². The molecule has 16 heteroatoms. The molecule has 0 saturated carbocycles. The summed E-state index contributed by atoms with van der Waals surface area (Å²) in [6, 6.07) is 6.51. The van der Waals surface area contributed by atoms with Crippen molar-refractivity contribution in [1.29, 1.82) is 0 Å². The lowest BCUT2D eigenvalue weighted by Crippen LogP contribution is -2.39. The number of hydrogen-bond acceptors (Lipinski definition) is 8. The molecule has 1 aromatic heterocycles. The molecule has 10 nitrogen and oxygen atoms in total. The third-order valence-corrected chi connectivity index (χ3v) is 5.40. The number of ether oxygens (including phenoxy) is 5. The van der Waals surface area contributed by atoms with E-state index in [9.17, 15) is 35.9 Å². The molecule has 41 heavy (non-hydrogen) atoms. The number of primary amides is 1. The zero-order valence-corrected chi connectivity index (χ0v) is 20.8. The average molecular weight is 587 g/mol. The Morgan fingerprint density at radius 3 is 2.29 bits per heavy atom. The fourth-order valence-corrected chi connectivity index (χ4v) is 3.54. The first kappa shape index (κ1) is 29.3. The van der Waals surface area contributed by atoms with Crippen molar-refractivity contribution in [2.75, 3.05) is 25.6 Å². The second kappa shape index (κ2) is 11.4. The first-order valence-corrected chi connectivity index (χ1v) is 11.4. The second-order valence-electron chi connectivity index (χ2n) is 8.30. The molecule has 2 aromatic carbocycles. The van der Waals surface area contributed by atoms with E-state index in [1.807, 2.05) is 0 Å². The van der Waals surface area contributed by atoms with Crippen LogP contribution in [0.2, 0.25) is 0 Å². The molecule has 2 heterocycles. The number of halogens is 6. The van der Waals surface area contributed by atoms with Gasteiger partial charge in [-0.25, -0.2) is 0 Å². The fourth-order valence-electron chi connectivity index (χ4n) is 3.54. The van der Waals surface area contributed by atoms with Crippen LogP contribution in [0.1, 0.15) is 26.4 Å². The zero-order valence-electron chi connectivity index (χ0n) is 20.8. The summed E-state index contributed by atoms with van der Waals surface area (Å²) >= 11 is 0. The first-order valence-electron chi connectivity index (χ1n) is 11.4. The highest BCUT2D eigenvalue weighted by Gasteiger charge is 2.40. The second-order valence-corrected chi connectivity index (χ2v) is 8.30. The SMILES string of the molecule is COc1cc(OC(F)(F)F)ccc1Oc1ccc(C(F)(F)F)c(OC2COC2)c1C(=O)Nc1ccnc(C(N)=O)c1. The largest absolute Gasteiger partial charge is 0.573 e. The number of nitrogens with zero attached hydrogens (tertiary/aromatic N) is 1. The topological polar surface area (TPSA) is 131 Å². The van der Waals surface area contributed by atoms with Gasteiger partial charge in [-0.3, -0.25) is 14.6 Å². The Balaban J connectivity index is 1.81. The third-order valence-electron chi connectivity index (χ3n) is 5.40. The van der Waals surface area contributed by atoms with E-state index in [1.54, 1.807) is 0 Å². The number of benzene rings is 2. The van der Waals surface area contributed by atoms with Crippen LogP contribution in [0.15, 0.2) is 48.7 Å². The Bertz CT molecular complexity index is 1460. The Labute approximate surface area is 226 Å². The summed E-state index contributed by atoms with van der Waals surface area (Å²) < 4.78 is 105. The van der Waals surface area contributed by atoms with E-state index < -0.39 is 58.8 Å². The summed E-state index contributed by atoms with van der Waals surface area (Å²) in [6.45, 7) is -0.103. The molecule has 4 rings (SSSR count). The quantitative estimate of drug-likeness (QED) is 0.337. The monoisotopic (exact) mass is 587 g/mol. The van der Waals surface area contributed by atoms with Gasteiger partial charge >= 0.3 is 12.5 Å². The van der Waals surface area contributed by atoms with Crippen molar-refractivity contribution in [2.24, 2.45) is 5.73 Å². The molecule has 218 valence electrons. The molecule has 2 amide bonds. The summed E-state index contributed by atoms with van der Waals surface area (Å²) in [6.07, 6.45) is -9.67. The maximum absolute atomic E-state index is 14.0. The summed E-state index contributed by atoms with van der Waals surface area (Å²) in [4.78, 5) is 28.7. The average Bonchev–Trinajstić information content (AvgIpc) is 2.85. The molecule has 3 aromatic rings. The van der Waals surface area contributed by atoms with Crippen molar-refractivity contribution in [3.63, 3.8) is 0 Å². The minimum Gasteiger partial charge on any atom is -0.493 e. The lowest BCUT2D eigenvalue weighted by atomic mass is 10.0. The highest BCUT2D eigenvalue weighted by Crippen LogP contribution is 2.45. The van der Waals surface area contributed by atoms with Crippen LogP contribution in [0.25, 0.3) is 0 Å². The Hall–Kier alpha value is -4.73. The molecule has 0 bridgehead atoms. The Kier molecular flexibility index (Phi) is 8.14. The molecule has 0 aliphatic carbocycles. The van der Waals surface area contributed by atoms with Crippen molar-refractivity contribution in [1.82, 2.24) is 4.98 Å². The van der Waals surface area contributed by atoms with Crippen LogP contribution in [-0.2, 0) is 10.9 Å². The molecule has 0 spiro atoms. The van der Waals surface area contributed by atoms with Crippen molar-refractivity contribution >= 4 is 17.5 Å². The predicted molar refractivity (Wildman–Crippen MR) is 127 cm³/mol. The summed E-state index contributed by atoms with van der Waals surface area (Å²) in [5.74, 6) is -4.67.